The van der Waals surface area contributed by atoms with Gasteiger partial charge in [-0.05, 0) is 70.6 Å². The maximum absolute atomic E-state index is 11.7. The first kappa shape index (κ1) is 21.8. The first-order valence-corrected chi connectivity index (χ1v) is 10.4. The van der Waals surface area contributed by atoms with Crippen LogP contribution in [0.15, 0.2) is 97.6 Å². The standard InChI is InChI=1S/C29H22O4/c1-18(30)20-3-7-22(8-4-20)26-15-27(23-9-5-21(6-10-23)19(2)31)17-28(16-26)24-11-13-25(14-12-24)29(32)33/h3-17,30H,1H2,2H3,(H,32,33). The summed E-state index contributed by atoms with van der Waals surface area (Å²) in [7, 11) is 0. The number of carboxylic acid groups (broad SMARTS) is 1. The molecule has 4 rings (SSSR count). The molecule has 0 unspecified atom stereocenters. The smallest absolute Gasteiger partial charge is 0.335 e. The number of hydrogen-bond acceptors (Lipinski definition) is 3. The Labute approximate surface area is 192 Å². The van der Waals surface area contributed by atoms with Gasteiger partial charge < -0.3 is 10.2 Å². The lowest BCUT2D eigenvalue weighted by atomic mass is 9.92. The van der Waals surface area contributed by atoms with Crippen molar-refractivity contribution in [1.29, 1.82) is 0 Å². The summed E-state index contributed by atoms with van der Waals surface area (Å²) in [6.45, 7) is 5.10. The fraction of sp³-hybridized carbons (Fsp3) is 0.0345. The summed E-state index contributed by atoms with van der Waals surface area (Å²) in [6, 6.07) is 27.9. The third-order valence-corrected chi connectivity index (χ3v) is 5.57. The van der Waals surface area contributed by atoms with Gasteiger partial charge in [-0.25, -0.2) is 4.79 Å². The second-order valence-electron chi connectivity index (χ2n) is 7.84. The molecule has 0 radical (unpaired) electrons. The van der Waals surface area contributed by atoms with E-state index in [1.165, 1.54) is 0 Å². The molecule has 0 saturated heterocycles. The van der Waals surface area contributed by atoms with Crippen LogP contribution < -0.4 is 0 Å². The predicted octanol–water partition coefficient (Wildman–Crippen LogP) is 7.12. The molecule has 0 heterocycles. The Hall–Kier alpha value is -4.44. The molecule has 2 N–H and O–H groups in total. The molecular formula is C29H22O4. The van der Waals surface area contributed by atoms with Gasteiger partial charge in [-0.3, -0.25) is 4.79 Å². The molecule has 0 spiro atoms. The minimum absolute atomic E-state index is 0.0140. The molecular weight excluding hydrogens is 412 g/mol. The van der Waals surface area contributed by atoms with Crippen LogP contribution in [-0.4, -0.2) is 22.0 Å². The summed E-state index contributed by atoms with van der Waals surface area (Å²) in [5, 5.41) is 18.8. The molecule has 0 amide bonds. The maximum Gasteiger partial charge on any atom is 0.335 e. The number of carbonyl (C=O) groups excluding carboxylic acids is 1. The van der Waals surface area contributed by atoms with Gasteiger partial charge in [-0.2, -0.15) is 0 Å². The summed E-state index contributed by atoms with van der Waals surface area (Å²) in [6.07, 6.45) is 0. The molecule has 0 aliphatic heterocycles. The molecule has 4 aromatic carbocycles. The maximum atomic E-state index is 11.7. The molecule has 4 aromatic rings. The molecule has 0 saturated carbocycles. The summed E-state index contributed by atoms with van der Waals surface area (Å²) in [5.41, 5.74) is 7.23. The van der Waals surface area contributed by atoms with E-state index in [0.29, 0.717) is 11.1 Å². The number of aliphatic hydroxyl groups excluding tert-OH is 1. The van der Waals surface area contributed by atoms with Gasteiger partial charge in [0, 0.05) is 11.1 Å². The van der Waals surface area contributed by atoms with Crippen molar-refractivity contribution in [3.8, 4) is 33.4 Å². The topological polar surface area (TPSA) is 74.6 Å². The fourth-order valence-corrected chi connectivity index (χ4v) is 3.69. The first-order valence-electron chi connectivity index (χ1n) is 10.4. The molecule has 0 atom stereocenters. The van der Waals surface area contributed by atoms with Crippen molar-refractivity contribution in [2.75, 3.05) is 0 Å². The monoisotopic (exact) mass is 434 g/mol. The first-order chi connectivity index (χ1) is 15.8. The number of benzene rings is 4. The van der Waals surface area contributed by atoms with E-state index in [2.05, 4.69) is 12.6 Å². The average Bonchev–Trinajstić information content (AvgIpc) is 2.84. The van der Waals surface area contributed by atoms with Gasteiger partial charge in [0.15, 0.2) is 5.78 Å². The van der Waals surface area contributed by atoms with E-state index in [9.17, 15) is 19.8 Å². The second kappa shape index (κ2) is 8.97. The highest BCUT2D eigenvalue weighted by atomic mass is 16.4. The number of rotatable bonds is 6. The Balaban J connectivity index is 1.84. The molecule has 0 aliphatic carbocycles. The van der Waals surface area contributed by atoms with Crippen molar-refractivity contribution in [2.45, 2.75) is 6.92 Å². The quantitative estimate of drug-likeness (QED) is 0.250. The number of aliphatic hydroxyl groups is 1. The summed E-state index contributed by atoms with van der Waals surface area (Å²) < 4.78 is 0. The summed E-state index contributed by atoms with van der Waals surface area (Å²) in [4.78, 5) is 22.9. The molecule has 162 valence electrons. The van der Waals surface area contributed by atoms with Crippen LogP contribution in [-0.2, 0) is 0 Å². The highest BCUT2D eigenvalue weighted by Gasteiger charge is 2.10. The van der Waals surface area contributed by atoms with Gasteiger partial charge in [0.05, 0.1) is 5.56 Å². The molecule has 0 aliphatic rings. The van der Waals surface area contributed by atoms with Crippen LogP contribution in [0, 0.1) is 0 Å². The predicted molar refractivity (Wildman–Crippen MR) is 131 cm³/mol. The van der Waals surface area contributed by atoms with E-state index < -0.39 is 5.97 Å². The minimum Gasteiger partial charge on any atom is -0.508 e. The Bertz CT molecular complexity index is 1160. The summed E-state index contributed by atoms with van der Waals surface area (Å²) in [5.74, 6) is -0.938. The van der Waals surface area contributed by atoms with E-state index in [1.807, 2.05) is 60.7 Å². The Morgan fingerprint density at radius 1 is 0.545 bits per heavy atom. The lowest BCUT2D eigenvalue weighted by Gasteiger charge is -2.12. The normalized spacial score (nSPS) is 10.6. The Morgan fingerprint density at radius 2 is 0.879 bits per heavy atom. The molecule has 0 bridgehead atoms. The number of Topliss-reactive ketones (excluding diaryl/α,β-unsaturated/α-hetero) is 1. The van der Waals surface area contributed by atoms with Crippen molar-refractivity contribution < 1.29 is 19.8 Å². The number of hydrogen-bond donors (Lipinski definition) is 2. The lowest BCUT2D eigenvalue weighted by molar-refractivity contribution is 0.0696. The molecule has 0 fully saturated rings. The Kier molecular flexibility index (Phi) is 5.92. The fourth-order valence-electron chi connectivity index (χ4n) is 3.69. The van der Waals surface area contributed by atoms with Crippen molar-refractivity contribution in [1.82, 2.24) is 0 Å². The third kappa shape index (κ3) is 4.75. The molecule has 33 heavy (non-hydrogen) atoms. The highest BCUT2D eigenvalue weighted by Crippen LogP contribution is 2.33. The van der Waals surface area contributed by atoms with E-state index in [4.69, 9.17) is 0 Å². The van der Waals surface area contributed by atoms with Gasteiger partial charge >= 0.3 is 5.97 Å². The minimum atomic E-state index is -0.966. The van der Waals surface area contributed by atoms with Gasteiger partial charge in [-0.1, -0.05) is 67.2 Å². The largest absolute Gasteiger partial charge is 0.508 e. The number of carboxylic acids is 1. The zero-order valence-corrected chi connectivity index (χ0v) is 18.1. The molecule has 4 heteroatoms. The van der Waals surface area contributed by atoms with E-state index >= 15 is 0 Å². The van der Waals surface area contributed by atoms with E-state index in [-0.39, 0.29) is 17.1 Å². The van der Waals surface area contributed by atoms with Crippen molar-refractivity contribution >= 4 is 17.5 Å². The van der Waals surface area contributed by atoms with Crippen molar-refractivity contribution in [2.24, 2.45) is 0 Å². The number of carbonyl (C=O) groups is 2. The SMILES string of the molecule is C=C(O)c1ccc(-c2cc(-c3ccc(C(C)=O)cc3)cc(-c3ccc(C(=O)O)cc3)c2)cc1. The highest BCUT2D eigenvalue weighted by molar-refractivity contribution is 5.94. The second-order valence-corrected chi connectivity index (χ2v) is 7.84. The zero-order chi connectivity index (χ0) is 23.5. The van der Waals surface area contributed by atoms with Gasteiger partial charge in [-0.15, -0.1) is 0 Å². The molecule has 0 aromatic heterocycles. The van der Waals surface area contributed by atoms with E-state index in [0.717, 1.165) is 33.4 Å². The number of ketones is 1. The van der Waals surface area contributed by atoms with Crippen LogP contribution in [0.4, 0.5) is 0 Å². The van der Waals surface area contributed by atoms with Gasteiger partial charge in [0.25, 0.3) is 0 Å². The van der Waals surface area contributed by atoms with E-state index in [1.54, 1.807) is 31.2 Å². The average molecular weight is 434 g/mol. The van der Waals surface area contributed by atoms with Crippen LogP contribution in [0.2, 0.25) is 0 Å². The van der Waals surface area contributed by atoms with Crippen LogP contribution in [0.1, 0.15) is 33.2 Å². The Morgan fingerprint density at radius 3 is 1.18 bits per heavy atom. The van der Waals surface area contributed by atoms with Crippen molar-refractivity contribution in [3.63, 3.8) is 0 Å². The summed E-state index contributed by atoms with van der Waals surface area (Å²) >= 11 is 0. The lowest BCUT2D eigenvalue weighted by Crippen LogP contribution is -1.95. The zero-order valence-electron chi connectivity index (χ0n) is 18.1. The third-order valence-electron chi connectivity index (χ3n) is 5.57. The van der Waals surface area contributed by atoms with Crippen LogP contribution >= 0.6 is 0 Å². The van der Waals surface area contributed by atoms with Gasteiger partial charge in [0.1, 0.15) is 5.76 Å². The van der Waals surface area contributed by atoms with Crippen molar-refractivity contribution in [3.05, 3.63) is 114 Å². The molecule has 4 nitrogen and oxygen atoms in total. The van der Waals surface area contributed by atoms with Crippen LogP contribution in [0.3, 0.4) is 0 Å². The van der Waals surface area contributed by atoms with Crippen LogP contribution in [0.25, 0.3) is 39.1 Å². The number of aromatic carboxylic acids is 1. The van der Waals surface area contributed by atoms with Crippen LogP contribution in [0.5, 0.6) is 0 Å². The van der Waals surface area contributed by atoms with Gasteiger partial charge in [0.2, 0.25) is 0 Å².